The molecule has 0 saturated carbocycles. The highest BCUT2D eigenvalue weighted by atomic mass is 35.5. The maximum atomic E-state index is 11.7. The van der Waals surface area contributed by atoms with E-state index in [1.165, 1.54) is 12.0 Å². The van der Waals surface area contributed by atoms with Gasteiger partial charge in [0.1, 0.15) is 12.3 Å². The Morgan fingerprint density at radius 3 is 2.50 bits per heavy atom. The molecule has 1 aromatic rings. The quantitative estimate of drug-likeness (QED) is 0.590. The summed E-state index contributed by atoms with van der Waals surface area (Å²) in [5.74, 6) is -0.207. The van der Waals surface area contributed by atoms with Crippen LogP contribution in [0.2, 0.25) is 5.02 Å². The van der Waals surface area contributed by atoms with Crippen molar-refractivity contribution in [3.05, 3.63) is 29.3 Å². The topological polar surface area (TPSA) is 46.6 Å². The maximum absolute atomic E-state index is 11.7. The van der Waals surface area contributed by atoms with Crippen molar-refractivity contribution >= 4 is 29.5 Å². The zero-order valence-corrected chi connectivity index (χ0v) is 9.35. The van der Waals surface area contributed by atoms with Crippen LogP contribution in [0, 0.1) is 0 Å². The van der Waals surface area contributed by atoms with Crippen LogP contribution in [0.5, 0.6) is 0 Å². The number of β-lactam (4-membered cyclic amide) rings is 1. The van der Waals surface area contributed by atoms with E-state index in [1.54, 1.807) is 24.3 Å². The number of carbonyl (C=O) groups excluding carboxylic acids is 2. The molecule has 16 heavy (non-hydrogen) atoms. The third-order valence-corrected chi connectivity index (χ3v) is 2.84. The molecule has 2 atom stereocenters. The summed E-state index contributed by atoms with van der Waals surface area (Å²) in [6.07, 6.45) is 0.0534. The third-order valence-electron chi connectivity index (χ3n) is 2.59. The van der Waals surface area contributed by atoms with Crippen molar-refractivity contribution in [1.29, 1.82) is 0 Å². The van der Waals surface area contributed by atoms with Gasteiger partial charge in [-0.05, 0) is 24.3 Å². The summed E-state index contributed by atoms with van der Waals surface area (Å²) in [7, 11) is 1.41. The van der Waals surface area contributed by atoms with Gasteiger partial charge in [-0.15, -0.1) is 0 Å². The van der Waals surface area contributed by atoms with E-state index in [0.717, 1.165) is 0 Å². The predicted octanol–water partition coefficient (Wildman–Crippen LogP) is 1.27. The number of benzene rings is 1. The van der Waals surface area contributed by atoms with E-state index in [2.05, 4.69) is 0 Å². The Kier molecular flexibility index (Phi) is 2.94. The molecule has 0 aromatic heterocycles. The fraction of sp³-hybridized carbons (Fsp3) is 0.273. The van der Waals surface area contributed by atoms with Crippen molar-refractivity contribution in [1.82, 2.24) is 0 Å². The van der Waals surface area contributed by atoms with E-state index in [9.17, 15) is 9.59 Å². The fourth-order valence-corrected chi connectivity index (χ4v) is 1.88. The average molecular weight is 240 g/mol. The summed E-state index contributed by atoms with van der Waals surface area (Å²) in [5.41, 5.74) is 0.653. The smallest absolute Gasteiger partial charge is 0.259 e. The number of rotatable bonds is 3. The molecule has 84 valence electrons. The average Bonchev–Trinajstić information content (AvgIpc) is 2.29. The molecule has 1 amide bonds. The Bertz CT molecular complexity index is 418. The number of halogens is 1. The molecule has 1 fully saturated rings. The van der Waals surface area contributed by atoms with Crippen molar-refractivity contribution in [3.63, 3.8) is 0 Å². The summed E-state index contributed by atoms with van der Waals surface area (Å²) in [5, 5.41) is 0.586. The molecule has 0 N–H and O–H groups in total. The molecule has 0 unspecified atom stereocenters. The van der Waals surface area contributed by atoms with Gasteiger partial charge in [0.05, 0.1) is 0 Å². The number of aldehydes is 1. The number of hydrogen-bond donors (Lipinski definition) is 0. The van der Waals surface area contributed by atoms with Crippen molar-refractivity contribution in [2.45, 2.75) is 12.1 Å². The molecule has 1 aromatic carbocycles. The first-order chi connectivity index (χ1) is 7.69. The zero-order chi connectivity index (χ0) is 11.7. The van der Waals surface area contributed by atoms with E-state index >= 15 is 0 Å². The normalized spacial score (nSPS) is 24.1. The summed E-state index contributed by atoms with van der Waals surface area (Å²) in [6, 6.07) is 6.20. The van der Waals surface area contributed by atoms with Gasteiger partial charge in [-0.1, -0.05) is 11.6 Å². The van der Waals surface area contributed by atoms with E-state index in [4.69, 9.17) is 16.3 Å². The van der Waals surface area contributed by atoms with Crippen LogP contribution in [0.4, 0.5) is 5.69 Å². The Hall–Kier alpha value is -1.39. The van der Waals surface area contributed by atoms with Crippen LogP contribution >= 0.6 is 11.6 Å². The van der Waals surface area contributed by atoms with Gasteiger partial charge in [-0.2, -0.15) is 0 Å². The van der Waals surface area contributed by atoms with Gasteiger partial charge in [-0.3, -0.25) is 9.69 Å². The second kappa shape index (κ2) is 4.23. The van der Waals surface area contributed by atoms with Crippen LogP contribution < -0.4 is 4.90 Å². The summed E-state index contributed by atoms with van der Waals surface area (Å²) >= 11 is 5.74. The van der Waals surface area contributed by atoms with E-state index < -0.39 is 12.1 Å². The maximum Gasteiger partial charge on any atom is 0.259 e. The van der Waals surface area contributed by atoms with Gasteiger partial charge >= 0.3 is 0 Å². The number of anilines is 1. The largest absolute Gasteiger partial charge is 0.369 e. The van der Waals surface area contributed by atoms with Crippen LogP contribution in [0.25, 0.3) is 0 Å². The van der Waals surface area contributed by atoms with Gasteiger partial charge < -0.3 is 9.53 Å². The van der Waals surface area contributed by atoms with E-state index in [-0.39, 0.29) is 5.91 Å². The first-order valence-electron chi connectivity index (χ1n) is 4.75. The van der Waals surface area contributed by atoms with Crippen LogP contribution in [0.1, 0.15) is 0 Å². The minimum atomic E-state index is -0.659. The highest BCUT2D eigenvalue weighted by Crippen LogP contribution is 2.29. The van der Waals surface area contributed by atoms with Crippen molar-refractivity contribution in [2.24, 2.45) is 0 Å². The first kappa shape index (κ1) is 11.1. The Morgan fingerprint density at radius 2 is 2.00 bits per heavy atom. The molecule has 5 heteroatoms. The molecular formula is C11H10ClNO3. The third kappa shape index (κ3) is 1.60. The lowest BCUT2D eigenvalue weighted by Gasteiger charge is -2.42. The second-order valence-electron chi connectivity index (χ2n) is 3.47. The van der Waals surface area contributed by atoms with Crippen molar-refractivity contribution in [2.75, 3.05) is 12.0 Å². The Morgan fingerprint density at radius 1 is 1.38 bits per heavy atom. The first-order valence-corrected chi connectivity index (χ1v) is 5.13. The molecule has 0 aliphatic carbocycles. The number of methoxy groups -OCH3 is 1. The van der Waals surface area contributed by atoms with Gasteiger partial charge in [0.2, 0.25) is 0 Å². The Labute approximate surface area is 97.7 Å². The van der Waals surface area contributed by atoms with Crippen LogP contribution in [0.15, 0.2) is 24.3 Å². The molecule has 0 spiro atoms. The minimum Gasteiger partial charge on any atom is -0.369 e. The van der Waals surface area contributed by atoms with E-state index in [0.29, 0.717) is 17.0 Å². The molecule has 0 radical (unpaired) electrons. The lowest BCUT2D eigenvalue weighted by Crippen LogP contribution is -2.66. The number of nitrogens with zero attached hydrogens (tertiary/aromatic N) is 1. The SMILES string of the molecule is CO[C@H]1C(=O)N(c2ccc(Cl)cc2)[C@H]1C=O. The zero-order valence-electron chi connectivity index (χ0n) is 8.59. The monoisotopic (exact) mass is 239 g/mol. The minimum absolute atomic E-state index is 0.207. The molecular weight excluding hydrogens is 230 g/mol. The van der Waals surface area contributed by atoms with Crippen LogP contribution in [0.3, 0.4) is 0 Å². The highest BCUT2D eigenvalue weighted by Gasteiger charge is 2.48. The molecule has 1 aliphatic heterocycles. The summed E-state index contributed by atoms with van der Waals surface area (Å²) in [4.78, 5) is 23.9. The highest BCUT2D eigenvalue weighted by molar-refractivity contribution is 6.30. The van der Waals surface area contributed by atoms with Crippen LogP contribution in [-0.2, 0) is 14.3 Å². The molecule has 2 rings (SSSR count). The molecule has 0 bridgehead atoms. The van der Waals surface area contributed by atoms with Crippen molar-refractivity contribution < 1.29 is 14.3 Å². The van der Waals surface area contributed by atoms with Crippen molar-refractivity contribution in [3.8, 4) is 0 Å². The number of ether oxygens (including phenoxy) is 1. The van der Waals surface area contributed by atoms with Gasteiger partial charge in [0.15, 0.2) is 6.10 Å². The molecule has 1 heterocycles. The lowest BCUT2D eigenvalue weighted by molar-refractivity contribution is -0.142. The van der Waals surface area contributed by atoms with E-state index in [1.807, 2.05) is 0 Å². The van der Waals surface area contributed by atoms with Gasteiger partial charge in [0.25, 0.3) is 5.91 Å². The molecule has 1 saturated heterocycles. The van der Waals surface area contributed by atoms with Crippen LogP contribution in [-0.4, -0.2) is 31.4 Å². The lowest BCUT2D eigenvalue weighted by atomic mass is 9.98. The standard InChI is InChI=1S/C11H10ClNO3/c1-16-10-9(6-14)13(11(10)15)8-4-2-7(12)3-5-8/h2-6,9-10H,1H3/t9-,10+/m0/s1. The second-order valence-corrected chi connectivity index (χ2v) is 3.90. The number of hydrogen-bond acceptors (Lipinski definition) is 3. The summed E-state index contributed by atoms with van der Waals surface area (Å²) in [6.45, 7) is 0. The number of amides is 1. The van der Waals surface area contributed by atoms with Gasteiger partial charge in [-0.25, -0.2) is 0 Å². The Balaban J connectivity index is 2.25. The fourth-order valence-electron chi connectivity index (χ4n) is 1.76. The summed E-state index contributed by atoms with van der Waals surface area (Å²) < 4.78 is 4.93. The molecule has 4 nitrogen and oxygen atoms in total. The van der Waals surface area contributed by atoms with Gasteiger partial charge in [0, 0.05) is 17.8 Å². The number of carbonyl (C=O) groups is 2. The molecule has 1 aliphatic rings. The predicted molar refractivity (Wildman–Crippen MR) is 59.6 cm³/mol.